The number of amides is 2. The standard InChI is InChI=1S/C14H21N3O2/c1-9(2)12(8-15)14(19)17-11-6-4-5-10(7-11)13(18)16-3/h4-7,9,12H,8,15H2,1-3H3,(H,16,18)(H,17,19). The molecule has 5 heteroatoms. The van der Waals surface area contributed by atoms with Crippen molar-refractivity contribution in [2.24, 2.45) is 17.6 Å². The van der Waals surface area contributed by atoms with E-state index >= 15 is 0 Å². The molecule has 0 saturated carbocycles. The van der Waals surface area contributed by atoms with Gasteiger partial charge in [-0.3, -0.25) is 9.59 Å². The van der Waals surface area contributed by atoms with Crippen LogP contribution >= 0.6 is 0 Å². The van der Waals surface area contributed by atoms with Crippen molar-refractivity contribution in [2.75, 3.05) is 18.9 Å². The van der Waals surface area contributed by atoms with Gasteiger partial charge in [-0.1, -0.05) is 19.9 Å². The minimum Gasteiger partial charge on any atom is -0.355 e. The zero-order valence-electron chi connectivity index (χ0n) is 11.6. The van der Waals surface area contributed by atoms with Crippen molar-refractivity contribution in [1.82, 2.24) is 5.32 Å². The summed E-state index contributed by atoms with van der Waals surface area (Å²) in [6.07, 6.45) is 0. The molecule has 0 aromatic heterocycles. The molecule has 0 heterocycles. The maximum atomic E-state index is 12.0. The molecular weight excluding hydrogens is 242 g/mol. The Balaban J connectivity index is 2.82. The van der Waals surface area contributed by atoms with Crippen LogP contribution in [-0.4, -0.2) is 25.4 Å². The summed E-state index contributed by atoms with van der Waals surface area (Å²) in [6.45, 7) is 4.22. The predicted octanol–water partition coefficient (Wildman–Crippen LogP) is 1.22. The minimum absolute atomic E-state index is 0.119. The molecule has 1 rings (SSSR count). The zero-order chi connectivity index (χ0) is 14.4. The monoisotopic (exact) mass is 263 g/mol. The molecule has 0 aliphatic carbocycles. The van der Waals surface area contributed by atoms with Gasteiger partial charge < -0.3 is 16.4 Å². The molecule has 0 radical (unpaired) electrons. The molecule has 1 aromatic rings. The maximum absolute atomic E-state index is 12.0. The summed E-state index contributed by atoms with van der Waals surface area (Å²) in [5.74, 6) is -0.363. The summed E-state index contributed by atoms with van der Waals surface area (Å²) in [5.41, 5.74) is 6.71. The Labute approximate surface area is 113 Å². The van der Waals surface area contributed by atoms with Crippen molar-refractivity contribution in [1.29, 1.82) is 0 Å². The molecule has 0 bridgehead atoms. The lowest BCUT2D eigenvalue weighted by Crippen LogP contribution is -2.33. The Morgan fingerprint density at radius 2 is 2.00 bits per heavy atom. The summed E-state index contributed by atoms with van der Waals surface area (Å²) in [4.78, 5) is 23.6. The minimum atomic E-state index is -0.233. The van der Waals surface area contributed by atoms with E-state index in [-0.39, 0.29) is 23.7 Å². The first kappa shape index (κ1) is 15.2. The molecule has 19 heavy (non-hydrogen) atoms. The van der Waals surface area contributed by atoms with Gasteiger partial charge in [0.05, 0.1) is 5.92 Å². The van der Waals surface area contributed by atoms with E-state index in [0.717, 1.165) is 0 Å². The van der Waals surface area contributed by atoms with Gasteiger partial charge >= 0.3 is 0 Å². The second-order valence-corrected chi connectivity index (χ2v) is 4.74. The van der Waals surface area contributed by atoms with Crippen LogP contribution in [0.5, 0.6) is 0 Å². The number of benzene rings is 1. The lowest BCUT2D eigenvalue weighted by Gasteiger charge is -2.18. The van der Waals surface area contributed by atoms with Crippen LogP contribution in [0.25, 0.3) is 0 Å². The number of anilines is 1. The predicted molar refractivity (Wildman–Crippen MR) is 75.8 cm³/mol. The first-order valence-electron chi connectivity index (χ1n) is 6.32. The molecule has 2 amide bonds. The van der Waals surface area contributed by atoms with Crippen molar-refractivity contribution < 1.29 is 9.59 Å². The first-order chi connectivity index (χ1) is 8.99. The number of hydrogen-bond donors (Lipinski definition) is 3. The summed E-state index contributed by atoms with van der Waals surface area (Å²) < 4.78 is 0. The average molecular weight is 263 g/mol. The normalized spacial score (nSPS) is 12.1. The van der Waals surface area contributed by atoms with E-state index in [2.05, 4.69) is 10.6 Å². The molecular formula is C14H21N3O2. The highest BCUT2D eigenvalue weighted by molar-refractivity contribution is 5.97. The number of carbonyl (C=O) groups is 2. The third-order valence-electron chi connectivity index (χ3n) is 3.01. The Hall–Kier alpha value is -1.88. The molecule has 0 aliphatic rings. The van der Waals surface area contributed by atoms with Gasteiger partial charge in [0.1, 0.15) is 0 Å². The van der Waals surface area contributed by atoms with E-state index in [1.54, 1.807) is 31.3 Å². The molecule has 5 nitrogen and oxygen atoms in total. The quantitative estimate of drug-likeness (QED) is 0.746. The second kappa shape index (κ2) is 6.89. The van der Waals surface area contributed by atoms with Crippen LogP contribution in [0.1, 0.15) is 24.2 Å². The molecule has 4 N–H and O–H groups in total. The van der Waals surface area contributed by atoms with Crippen LogP contribution in [0.4, 0.5) is 5.69 Å². The lowest BCUT2D eigenvalue weighted by molar-refractivity contribution is -0.120. The highest BCUT2D eigenvalue weighted by Gasteiger charge is 2.20. The van der Waals surface area contributed by atoms with E-state index in [4.69, 9.17) is 5.73 Å². The summed E-state index contributed by atoms with van der Waals surface area (Å²) in [7, 11) is 1.57. The Kier molecular flexibility index (Phi) is 5.51. The third-order valence-corrected chi connectivity index (χ3v) is 3.01. The van der Waals surface area contributed by atoms with E-state index in [1.807, 2.05) is 13.8 Å². The fourth-order valence-electron chi connectivity index (χ4n) is 1.80. The van der Waals surface area contributed by atoms with Crippen LogP contribution < -0.4 is 16.4 Å². The van der Waals surface area contributed by atoms with Crippen LogP contribution in [0.3, 0.4) is 0 Å². The number of nitrogens with one attached hydrogen (secondary N) is 2. The summed E-state index contributed by atoms with van der Waals surface area (Å²) >= 11 is 0. The largest absolute Gasteiger partial charge is 0.355 e. The third kappa shape index (κ3) is 4.06. The van der Waals surface area contributed by atoms with Crippen molar-refractivity contribution in [3.63, 3.8) is 0 Å². The van der Waals surface area contributed by atoms with E-state index in [0.29, 0.717) is 17.8 Å². The molecule has 1 aromatic carbocycles. The van der Waals surface area contributed by atoms with Gasteiger partial charge in [-0.15, -0.1) is 0 Å². The Bertz CT molecular complexity index is 458. The van der Waals surface area contributed by atoms with Crippen molar-refractivity contribution in [2.45, 2.75) is 13.8 Å². The fraction of sp³-hybridized carbons (Fsp3) is 0.429. The zero-order valence-corrected chi connectivity index (χ0v) is 11.6. The van der Waals surface area contributed by atoms with Crippen molar-refractivity contribution in [3.8, 4) is 0 Å². The van der Waals surface area contributed by atoms with Crippen LogP contribution in [-0.2, 0) is 4.79 Å². The summed E-state index contributed by atoms with van der Waals surface area (Å²) in [5, 5.41) is 5.34. The number of rotatable bonds is 5. The Morgan fingerprint density at radius 1 is 1.32 bits per heavy atom. The van der Waals surface area contributed by atoms with Crippen LogP contribution in [0.2, 0.25) is 0 Å². The topological polar surface area (TPSA) is 84.2 Å². The lowest BCUT2D eigenvalue weighted by atomic mass is 9.95. The van der Waals surface area contributed by atoms with Gasteiger partial charge in [0, 0.05) is 24.8 Å². The first-order valence-corrected chi connectivity index (χ1v) is 6.32. The molecule has 0 saturated heterocycles. The van der Waals surface area contributed by atoms with E-state index in [1.165, 1.54) is 0 Å². The molecule has 0 spiro atoms. The van der Waals surface area contributed by atoms with Gasteiger partial charge in [0.15, 0.2) is 0 Å². The van der Waals surface area contributed by atoms with Crippen LogP contribution in [0, 0.1) is 11.8 Å². The van der Waals surface area contributed by atoms with E-state index in [9.17, 15) is 9.59 Å². The van der Waals surface area contributed by atoms with E-state index < -0.39 is 0 Å². The molecule has 1 atom stereocenters. The van der Waals surface area contributed by atoms with Crippen molar-refractivity contribution in [3.05, 3.63) is 29.8 Å². The van der Waals surface area contributed by atoms with Gasteiger partial charge in [-0.2, -0.15) is 0 Å². The second-order valence-electron chi connectivity index (χ2n) is 4.74. The number of carbonyl (C=O) groups excluding carboxylic acids is 2. The average Bonchev–Trinajstić information content (AvgIpc) is 2.38. The molecule has 0 aliphatic heterocycles. The van der Waals surface area contributed by atoms with Gasteiger partial charge in [-0.25, -0.2) is 0 Å². The smallest absolute Gasteiger partial charge is 0.251 e. The van der Waals surface area contributed by atoms with Gasteiger partial charge in [-0.05, 0) is 24.1 Å². The number of hydrogen-bond acceptors (Lipinski definition) is 3. The molecule has 0 fully saturated rings. The highest BCUT2D eigenvalue weighted by Crippen LogP contribution is 2.15. The number of nitrogens with two attached hydrogens (primary N) is 1. The van der Waals surface area contributed by atoms with Gasteiger partial charge in [0.25, 0.3) is 5.91 Å². The SMILES string of the molecule is CNC(=O)c1cccc(NC(=O)C(CN)C(C)C)c1. The molecule has 1 unspecified atom stereocenters. The fourth-order valence-corrected chi connectivity index (χ4v) is 1.80. The maximum Gasteiger partial charge on any atom is 0.251 e. The highest BCUT2D eigenvalue weighted by atomic mass is 16.2. The van der Waals surface area contributed by atoms with Gasteiger partial charge in [0.2, 0.25) is 5.91 Å². The Morgan fingerprint density at radius 3 is 2.53 bits per heavy atom. The van der Waals surface area contributed by atoms with Crippen molar-refractivity contribution >= 4 is 17.5 Å². The van der Waals surface area contributed by atoms with Crippen LogP contribution in [0.15, 0.2) is 24.3 Å². The molecule has 104 valence electrons. The summed E-state index contributed by atoms with van der Waals surface area (Å²) in [6, 6.07) is 6.81.